The Hall–Kier alpha value is 0.750. The first-order chi connectivity index (χ1) is 4.39. The van der Waals surface area contributed by atoms with Gasteiger partial charge in [0.15, 0.2) is 0 Å². The molecule has 0 aliphatic rings. The highest BCUT2D eigenvalue weighted by atomic mass is 35.5. The van der Waals surface area contributed by atoms with Crippen molar-refractivity contribution in [2.75, 3.05) is 5.88 Å². The molecule has 6 heteroatoms. The smallest absolute Gasteiger partial charge is 0.294 e. The van der Waals surface area contributed by atoms with Gasteiger partial charge in [-0.05, 0) is 0 Å². The molecule has 0 aliphatic carbocycles. The molecule has 0 aliphatic heterocycles. The van der Waals surface area contributed by atoms with Gasteiger partial charge < -0.3 is 15.3 Å². The lowest BCUT2D eigenvalue weighted by atomic mass is 10.3. The van der Waals surface area contributed by atoms with Gasteiger partial charge in [-0.2, -0.15) is 0 Å². The maximum atomic E-state index is 8.42. The predicted octanol–water partition coefficient (Wildman–Crippen LogP) is 0.0707. The Morgan fingerprint density at radius 1 is 1.20 bits per heavy atom. The van der Waals surface area contributed by atoms with Gasteiger partial charge in [0.05, 0.1) is 5.38 Å². The van der Waals surface area contributed by atoms with Crippen molar-refractivity contribution in [3.05, 3.63) is 0 Å². The molecule has 0 rings (SSSR count). The van der Waals surface area contributed by atoms with Crippen molar-refractivity contribution in [3.63, 3.8) is 0 Å². The van der Waals surface area contributed by atoms with Gasteiger partial charge in [-0.3, -0.25) is 0 Å². The fraction of sp³-hybridized carbons (Fsp3) is 1.00. The van der Waals surface area contributed by atoms with Gasteiger partial charge in [-0.15, -0.1) is 34.8 Å². The van der Waals surface area contributed by atoms with Crippen molar-refractivity contribution >= 4 is 34.8 Å². The van der Waals surface area contributed by atoms with E-state index in [1.807, 2.05) is 0 Å². The summed E-state index contributed by atoms with van der Waals surface area (Å²) in [6, 6.07) is 0. The van der Waals surface area contributed by atoms with Crippen LogP contribution in [-0.4, -0.2) is 37.9 Å². The summed E-state index contributed by atoms with van der Waals surface area (Å²) < 4.78 is 0. The molecule has 10 heavy (non-hydrogen) atoms. The first-order valence-corrected chi connectivity index (χ1v) is 3.81. The average molecular weight is 209 g/mol. The second-order valence-electron chi connectivity index (χ2n) is 1.76. The molecule has 2 atom stereocenters. The van der Waals surface area contributed by atoms with Crippen molar-refractivity contribution < 1.29 is 15.3 Å². The minimum Gasteiger partial charge on any atom is -0.342 e. The summed E-state index contributed by atoms with van der Waals surface area (Å²) in [6.07, 6.45) is 0. The zero-order chi connectivity index (χ0) is 8.36. The second-order valence-corrected chi connectivity index (χ2v) is 3.10. The molecule has 0 saturated carbocycles. The molecular formula is C4H7Cl3O3. The lowest BCUT2D eigenvalue weighted by Crippen LogP contribution is -2.44. The van der Waals surface area contributed by atoms with Crippen LogP contribution in [0.3, 0.4) is 0 Å². The van der Waals surface area contributed by atoms with E-state index >= 15 is 0 Å². The highest BCUT2D eigenvalue weighted by Gasteiger charge is 2.35. The fourth-order valence-electron chi connectivity index (χ4n) is 0.321. The van der Waals surface area contributed by atoms with Gasteiger partial charge in [0, 0.05) is 5.88 Å². The molecule has 62 valence electrons. The molecule has 0 aromatic heterocycles. The molecule has 0 fully saturated rings. The van der Waals surface area contributed by atoms with Crippen LogP contribution in [-0.2, 0) is 0 Å². The quantitative estimate of drug-likeness (QED) is 0.455. The van der Waals surface area contributed by atoms with Crippen molar-refractivity contribution in [2.45, 2.75) is 16.7 Å². The largest absolute Gasteiger partial charge is 0.342 e. The van der Waals surface area contributed by atoms with Gasteiger partial charge in [-0.1, -0.05) is 0 Å². The van der Waals surface area contributed by atoms with E-state index in [9.17, 15) is 0 Å². The zero-order valence-electron chi connectivity index (χ0n) is 4.84. The molecule has 0 aromatic carbocycles. The Bertz CT molecular complexity index is 102. The average Bonchev–Trinajstić information content (AvgIpc) is 1.83. The SMILES string of the molecule is OC(O)(O)C(Cl)C(Cl)CCl. The predicted molar refractivity (Wildman–Crippen MR) is 39.4 cm³/mol. The third-order valence-electron chi connectivity index (χ3n) is 0.835. The van der Waals surface area contributed by atoms with Crippen molar-refractivity contribution in [1.82, 2.24) is 0 Å². The van der Waals surface area contributed by atoms with Crippen LogP contribution < -0.4 is 0 Å². The van der Waals surface area contributed by atoms with Crippen molar-refractivity contribution in [3.8, 4) is 0 Å². The maximum absolute atomic E-state index is 8.42. The highest BCUT2D eigenvalue weighted by Crippen LogP contribution is 2.19. The lowest BCUT2D eigenvalue weighted by Gasteiger charge is -2.22. The van der Waals surface area contributed by atoms with Crippen molar-refractivity contribution in [2.24, 2.45) is 0 Å². The summed E-state index contributed by atoms with van der Waals surface area (Å²) in [5, 5.41) is 23.0. The fourth-order valence-corrected chi connectivity index (χ4v) is 0.848. The number of hydrogen-bond acceptors (Lipinski definition) is 3. The van der Waals surface area contributed by atoms with Gasteiger partial charge in [0.1, 0.15) is 5.38 Å². The molecular weight excluding hydrogens is 202 g/mol. The van der Waals surface area contributed by atoms with Crippen LogP contribution in [0.15, 0.2) is 0 Å². The molecule has 3 nitrogen and oxygen atoms in total. The number of alkyl halides is 3. The van der Waals surface area contributed by atoms with Crippen LogP contribution in [0.25, 0.3) is 0 Å². The standard InChI is InChI=1S/C4H7Cl3O3/c5-1-2(6)3(7)4(8,9)10/h2-3,8-10H,1H2. The van der Waals surface area contributed by atoms with Gasteiger partial charge in [0.25, 0.3) is 5.97 Å². The van der Waals surface area contributed by atoms with Crippen LogP contribution in [0.1, 0.15) is 0 Å². The molecule has 0 aromatic rings. The Balaban J connectivity index is 3.94. The van der Waals surface area contributed by atoms with Crippen LogP contribution >= 0.6 is 34.8 Å². The van der Waals surface area contributed by atoms with Crippen LogP contribution in [0, 0.1) is 0 Å². The molecule has 0 saturated heterocycles. The van der Waals surface area contributed by atoms with E-state index in [1.165, 1.54) is 0 Å². The number of halogens is 3. The summed E-state index contributed by atoms with van der Waals surface area (Å²) in [5.41, 5.74) is 0. The third-order valence-corrected chi connectivity index (χ3v) is 2.46. The van der Waals surface area contributed by atoms with Gasteiger partial charge in [0.2, 0.25) is 0 Å². The third kappa shape index (κ3) is 3.23. The summed E-state index contributed by atoms with van der Waals surface area (Å²) in [5.74, 6) is -3.04. The molecule has 0 spiro atoms. The summed E-state index contributed by atoms with van der Waals surface area (Å²) in [4.78, 5) is 0. The minimum atomic E-state index is -2.97. The van der Waals surface area contributed by atoms with Gasteiger partial charge >= 0.3 is 0 Å². The summed E-state index contributed by atoms with van der Waals surface area (Å²) in [6.45, 7) is 0. The molecule has 0 amide bonds. The molecule has 0 bridgehead atoms. The van der Waals surface area contributed by atoms with Crippen molar-refractivity contribution in [1.29, 1.82) is 0 Å². The van der Waals surface area contributed by atoms with Crippen LogP contribution in [0.4, 0.5) is 0 Å². The van der Waals surface area contributed by atoms with E-state index in [-0.39, 0.29) is 5.88 Å². The second kappa shape index (κ2) is 3.95. The van der Waals surface area contributed by atoms with Gasteiger partial charge in [-0.25, -0.2) is 0 Å². The van der Waals surface area contributed by atoms with E-state index in [0.717, 1.165) is 0 Å². The Morgan fingerprint density at radius 3 is 1.70 bits per heavy atom. The number of aliphatic hydroxyl groups is 3. The monoisotopic (exact) mass is 208 g/mol. The summed E-state index contributed by atoms with van der Waals surface area (Å²) in [7, 11) is 0. The molecule has 0 heterocycles. The van der Waals surface area contributed by atoms with E-state index in [4.69, 9.17) is 50.1 Å². The molecule has 0 radical (unpaired) electrons. The molecule has 2 unspecified atom stereocenters. The van der Waals surface area contributed by atoms with Crippen LogP contribution in [0.2, 0.25) is 0 Å². The first kappa shape index (κ1) is 10.8. The van der Waals surface area contributed by atoms with Crippen LogP contribution in [0.5, 0.6) is 0 Å². The highest BCUT2D eigenvalue weighted by molar-refractivity contribution is 6.34. The molecule has 3 N–H and O–H groups in total. The van der Waals surface area contributed by atoms with E-state index in [2.05, 4.69) is 0 Å². The Labute approximate surface area is 73.1 Å². The van der Waals surface area contributed by atoms with E-state index in [1.54, 1.807) is 0 Å². The van der Waals surface area contributed by atoms with E-state index < -0.39 is 16.7 Å². The maximum Gasteiger partial charge on any atom is 0.294 e. The Kier molecular flexibility index (Phi) is 4.24. The zero-order valence-corrected chi connectivity index (χ0v) is 7.11. The minimum absolute atomic E-state index is 0.0703. The lowest BCUT2D eigenvalue weighted by molar-refractivity contribution is -0.310. The first-order valence-electron chi connectivity index (χ1n) is 2.40. The number of rotatable bonds is 3. The van der Waals surface area contributed by atoms with E-state index in [0.29, 0.717) is 0 Å². The Morgan fingerprint density at radius 2 is 1.60 bits per heavy atom. The summed E-state index contributed by atoms with van der Waals surface area (Å²) >= 11 is 15.8. The normalized spacial score (nSPS) is 18.6. The topological polar surface area (TPSA) is 60.7 Å². The number of hydrogen-bond donors (Lipinski definition) is 3.